The predicted molar refractivity (Wildman–Crippen MR) is 55.4 cm³/mol. The van der Waals surface area contributed by atoms with Gasteiger partial charge in [-0.05, 0) is 39.0 Å². The first kappa shape index (κ1) is 13.7. The van der Waals surface area contributed by atoms with Crippen LogP contribution in [0.15, 0.2) is 0 Å². The Morgan fingerprint density at radius 3 is 2.31 bits per heavy atom. The maximum atomic E-state index is 11.8. The number of nitrogens with zero attached hydrogens (tertiary/aromatic N) is 1. The minimum Gasteiger partial charge on any atom is -0.371 e. The van der Waals surface area contributed by atoms with Crippen molar-refractivity contribution in [2.75, 3.05) is 45.9 Å². The molecular formula is C10H19F3N2O. The van der Waals surface area contributed by atoms with Crippen LogP contribution in [0.3, 0.4) is 0 Å². The third-order valence-electron chi connectivity index (χ3n) is 2.47. The summed E-state index contributed by atoms with van der Waals surface area (Å²) in [5.74, 6) is 0. The molecule has 0 atom stereocenters. The van der Waals surface area contributed by atoms with Crippen molar-refractivity contribution in [1.29, 1.82) is 0 Å². The summed E-state index contributed by atoms with van der Waals surface area (Å²) in [6, 6.07) is 0. The standard InChI is InChI=1S/C10H19F3N2O/c11-10(12,13)9-16-8-7-15-5-1-3-14-4-2-6-15/h14H,1-9H2. The third-order valence-corrected chi connectivity index (χ3v) is 2.47. The average molecular weight is 240 g/mol. The van der Waals surface area contributed by atoms with E-state index in [0.717, 1.165) is 39.0 Å². The quantitative estimate of drug-likeness (QED) is 0.748. The van der Waals surface area contributed by atoms with E-state index in [2.05, 4.69) is 15.0 Å². The number of hydrogen-bond acceptors (Lipinski definition) is 3. The first-order valence-electron chi connectivity index (χ1n) is 5.65. The van der Waals surface area contributed by atoms with Crippen molar-refractivity contribution in [3.8, 4) is 0 Å². The lowest BCUT2D eigenvalue weighted by Gasteiger charge is -2.24. The number of nitrogens with one attached hydrogen (secondary N) is 1. The van der Waals surface area contributed by atoms with Gasteiger partial charge in [-0.3, -0.25) is 0 Å². The Balaban J connectivity index is 2.06. The molecule has 0 aliphatic carbocycles. The Morgan fingerprint density at radius 2 is 1.75 bits per heavy atom. The predicted octanol–water partition coefficient (Wildman–Crippen LogP) is 1.25. The SMILES string of the molecule is FC(F)(F)COCCN1CCCNCCC1. The van der Waals surface area contributed by atoms with Crippen molar-refractivity contribution in [2.24, 2.45) is 0 Å². The normalized spacial score (nSPS) is 20.4. The highest BCUT2D eigenvalue weighted by atomic mass is 19.4. The molecule has 1 saturated heterocycles. The van der Waals surface area contributed by atoms with Crippen LogP contribution < -0.4 is 5.32 Å². The van der Waals surface area contributed by atoms with E-state index in [4.69, 9.17) is 0 Å². The van der Waals surface area contributed by atoms with Crippen LogP contribution in [0, 0.1) is 0 Å². The first-order valence-corrected chi connectivity index (χ1v) is 5.65. The monoisotopic (exact) mass is 240 g/mol. The maximum Gasteiger partial charge on any atom is 0.411 e. The molecule has 0 spiro atoms. The number of alkyl halides is 3. The minimum atomic E-state index is -4.21. The van der Waals surface area contributed by atoms with Gasteiger partial charge >= 0.3 is 6.18 Å². The summed E-state index contributed by atoms with van der Waals surface area (Å²) in [7, 11) is 0. The fourth-order valence-corrected chi connectivity index (χ4v) is 1.70. The number of rotatable bonds is 4. The van der Waals surface area contributed by atoms with Crippen LogP contribution in [-0.2, 0) is 4.74 Å². The van der Waals surface area contributed by atoms with Gasteiger partial charge in [0.1, 0.15) is 6.61 Å². The topological polar surface area (TPSA) is 24.5 Å². The molecule has 0 bridgehead atoms. The summed E-state index contributed by atoms with van der Waals surface area (Å²) in [6.07, 6.45) is -2.13. The van der Waals surface area contributed by atoms with Crippen molar-refractivity contribution in [3.63, 3.8) is 0 Å². The summed E-state index contributed by atoms with van der Waals surface area (Å²) in [4.78, 5) is 2.16. The fraction of sp³-hybridized carbons (Fsp3) is 1.00. The van der Waals surface area contributed by atoms with E-state index >= 15 is 0 Å². The molecule has 1 aliphatic rings. The Kier molecular flexibility index (Phi) is 6.08. The summed E-state index contributed by atoms with van der Waals surface area (Å²) in [5, 5.41) is 3.29. The molecule has 0 aromatic rings. The van der Waals surface area contributed by atoms with Crippen LogP contribution in [0.1, 0.15) is 12.8 Å². The summed E-state index contributed by atoms with van der Waals surface area (Å²) < 4.78 is 40.0. The third kappa shape index (κ3) is 7.03. The number of ether oxygens (including phenoxy) is 1. The molecule has 96 valence electrons. The van der Waals surface area contributed by atoms with Gasteiger partial charge in [0.25, 0.3) is 0 Å². The first-order chi connectivity index (χ1) is 7.58. The largest absolute Gasteiger partial charge is 0.411 e. The highest BCUT2D eigenvalue weighted by Gasteiger charge is 2.27. The highest BCUT2D eigenvalue weighted by Crippen LogP contribution is 2.14. The van der Waals surface area contributed by atoms with E-state index in [1.54, 1.807) is 0 Å². The smallest absolute Gasteiger partial charge is 0.371 e. The average Bonchev–Trinajstić information content (AvgIpc) is 2.13. The second-order valence-corrected chi connectivity index (χ2v) is 3.97. The van der Waals surface area contributed by atoms with Gasteiger partial charge in [-0.15, -0.1) is 0 Å². The Hall–Kier alpha value is -0.330. The van der Waals surface area contributed by atoms with E-state index in [1.165, 1.54) is 0 Å². The lowest BCUT2D eigenvalue weighted by molar-refractivity contribution is -0.174. The van der Waals surface area contributed by atoms with Crippen molar-refractivity contribution in [3.05, 3.63) is 0 Å². The molecule has 16 heavy (non-hydrogen) atoms. The van der Waals surface area contributed by atoms with Gasteiger partial charge in [-0.25, -0.2) is 0 Å². The van der Waals surface area contributed by atoms with Crippen LogP contribution in [0.25, 0.3) is 0 Å². The van der Waals surface area contributed by atoms with E-state index in [-0.39, 0.29) is 6.61 Å². The molecule has 0 radical (unpaired) electrons. The molecule has 1 fully saturated rings. The van der Waals surface area contributed by atoms with Gasteiger partial charge in [0.05, 0.1) is 6.61 Å². The summed E-state index contributed by atoms with van der Waals surface area (Å²) in [5.41, 5.74) is 0. The van der Waals surface area contributed by atoms with Crippen molar-refractivity contribution in [1.82, 2.24) is 10.2 Å². The van der Waals surface area contributed by atoms with E-state index in [9.17, 15) is 13.2 Å². The lowest BCUT2D eigenvalue weighted by atomic mass is 10.3. The molecule has 0 aromatic heterocycles. The molecule has 0 amide bonds. The second kappa shape index (κ2) is 7.09. The highest BCUT2D eigenvalue weighted by molar-refractivity contribution is 4.64. The molecule has 1 N–H and O–H groups in total. The van der Waals surface area contributed by atoms with Crippen LogP contribution in [-0.4, -0.2) is 57.0 Å². The van der Waals surface area contributed by atoms with Crippen LogP contribution in [0.5, 0.6) is 0 Å². The molecule has 1 heterocycles. The van der Waals surface area contributed by atoms with E-state index in [1.807, 2.05) is 0 Å². The van der Waals surface area contributed by atoms with Crippen molar-refractivity contribution < 1.29 is 17.9 Å². The van der Waals surface area contributed by atoms with Crippen LogP contribution in [0.4, 0.5) is 13.2 Å². The molecule has 6 heteroatoms. The maximum absolute atomic E-state index is 11.8. The molecule has 0 saturated carbocycles. The zero-order chi connectivity index (χ0) is 11.9. The Labute approximate surface area is 93.9 Å². The van der Waals surface area contributed by atoms with Gasteiger partial charge in [0, 0.05) is 6.54 Å². The summed E-state index contributed by atoms with van der Waals surface area (Å²) in [6.45, 7) is 3.45. The number of halogens is 3. The fourth-order valence-electron chi connectivity index (χ4n) is 1.70. The molecule has 3 nitrogen and oxygen atoms in total. The van der Waals surface area contributed by atoms with Gasteiger partial charge in [-0.1, -0.05) is 0 Å². The Bertz CT molecular complexity index is 179. The van der Waals surface area contributed by atoms with Gasteiger partial charge in [0.15, 0.2) is 0 Å². The molecule has 1 rings (SSSR count). The molecule has 0 aromatic carbocycles. The lowest BCUT2D eigenvalue weighted by Crippen LogP contribution is -2.36. The molecule has 1 aliphatic heterocycles. The molecular weight excluding hydrogens is 221 g/mol. The van der Waals surface area contributed by atoms with Crippen molar-refractivity contribution in [2.45, 2.75) is 19.0 Å². The molecule has 0 unspecified atom stereocenters. The number of hydrogen-bond donors (Lipinski definition) is 1. The second-order valence-electron chi connectivity index (χ2n) is 3.97. The van der Waals surface area contributed by atoms with Gasteiger partial charge < -0.3 is 15.0 Å². The zero-order valence-corrected chi connectivity index (χ0v) is 9.35. The Morgan fingerprint density at radius 1 is 1.12 bits per heavy atom. The minimum absolute atomic E-state index is 0.160. The van der Waals surface area contributed by atoms with E-state index in [0.29, 0.717) is 6.54 Å². The van der Waals surface area contributed by atoms with Crippen LogP contribution >= 0.6 is 0 Å². The van der Waals surface area contributed by atoms with Crippen LogP contribution in [0.2, 0.25) is 0 Å². The van der Waals surface area contributed by atoms with E-state index < -0.39 is 12.8 Å². The summed E-state index contributed by atoms with van der Waals surface area (Å²) >= 11 is 0. The van der Waals surface area contributed by atoms with Gasteiger partial charge in [-0.2, -0.15) is 13.2 Å². The van der Waals surface area contributed by atoms with Gasteiger partial charge in [0.2, 0.25) is 0 Å². The zero-order valence-electron chi connectivity index (χ0n) is 9.35. The van der Waals surface area contributed by atoms with Crippen molar-refractivity contribution >= 4 is 0 Å².